The molecule has 1 aliphatic heterocycles. The molecule has 20 heavy (non-hydrogen) atoms. The van der Waals surface area contributed by atoms with Gasteiger partial charge < -0.3 is 0 Å². The first-order valence-electron chi connectivity index (χ1n) is 6.14. The lowest BCUT2D eigenvalue weighted by Crippen LogP contribution is -2.43. The minimum Gasteiger partial charge on any atom is -0.279 e. The Balaban J connectivity index is 1.99. The summed E-state index contributed by atoms with van der Waals surface area (Å²) in [6.07, 6.45) is -1.10. The van der Waals surface area contributed by atoms with Crippen molar-refractivity contribution in [2.75, 3.05) is 16.6 Å². The lowest BCUT2D eigenvalue weighted by Gasteiger charge is -2.32. The number of nitrogens with zero attached hydrogens (tertiary/aromatic N) is 3. The SMILES string of the molecule is FC(F)(F)CN1c2ccccc2CN1c1cccnc1. The molecule has 0 aliphatic carbocycles. The summed E-state index contributed by atoms with van der Waals surface area (Å²) >= 11 is 0. The van der Waals surface area contributed by atoms with Gasteiger partial charge in [-0.15, -0.1) is 0 Å². The number of hydrogen-bond acceptors (Lipinski definition) is 3. The molecular formula is C14H12F3N3. The third kappa shape index (κ3) is 2.41. The fourth-order valence-electron chi connectivity index (χ4n) is 2.35. The summed E-state index contributed by atoms with van der Waals surface area (Å²) in [4.78, 5) is 3.97. The number of aromatic nitrogens is 1. The Morgan fingerprint density at radius 3 is 2.60 bits per heavy atom. The van der Waals surface area contributed by atoms with E-state index in [1.807, 2.05) is 12.1 Å². The second-order valence-corrected chi connectivity index (χ2v) is 4.57. The van der Waals surface area contributed by atoms with E-state index in [0.717, 1.165) is 5.56 Å². The van der Waals surface area contributed by atoms with Gasteiger partial charge in [-0.1, -0.05) is 18.2 Å². The van der Waals surface area contributed by atoms with Crippen molar-refractivity contribution in [3.8, 4) is 0 Å². The van der Waals surface area contributed by atoms with Crippen LogP contribution in [0.1, 0.15) is 5.56 Å². The molecule has 6 heteroatoms. The molecule has 0 fully saturated rings. The summed E-state index contributed by atoms with van der Waals surface area (Å²) in [5.74, 6) is 0. The number of benzene rings is 1. The van der Waals surface area contributed by atoms with E-state index in [2.05, 4.69) is 4.98 Å². The molecule has 1 aliphatic rings. The van der Waals surface area contributed by atoms with Crippen LogP contribution in [0.15, 0.2) is 48.8 Å². The lowest BCUT2D eigenvalue weighted by molar-refractivity contribution is -0.119. The molecule has 1 aromatic heterocycles. The van der Waals surface area contributed by atoms with Crippen LogP contribution >= 0.6 is 0 Å². The second kappa shape index (κ2) is 4.70. The predicted molar refractivity (Wildman–Crippen MR) is 70.3 cm³/mol. The monoisotopic (exact) mass is 279 g/mol. The fourth-order valence-corrected chi connectivity index (χ4v) is 2.35. The molecule has 0 saturated carbocycles. The zero-order valence-electron chi connectivity index (χ0n) is 10.5. The van der Waals surface area contributed by atoms with Crippen molar-refractivity contribution in [2.45, 2.75) is 12.7 Å². The van der Waals surface area contributed by atoms with E-state index in [1.165, 1.54) is 5.01 Å². The van der Waals surface area contributed by atoms with Gasteiger partial charge in [-0.05, 0) is 23.8 Å². The third-order valence-corrected chi connectivity index (χ3v) is 3.15. The number of hydrogen-bond donors (Lipinski definition) is 0. The first kappa shape index (κ1) is 12.8. The predicted octanol–water partition coefficient (Wildman–Crippen LogP) is 3.39. The molecule has 0 spiro atoms. The topological polar surface area (TPSA) is 19.4 Å². The minimum absolute atomic E-state index is 0.415. The Morgan fingerprint density at radius 2 is 1.90 bits per heavy atom. The molecule has 2 aromatic rings. The van der Waals surface area contributed by atoms with Crippen LogP contribution < -0.4 is 10.0 Å². The molecule has 0 bridgehead atoms. The molecule has 3 rings (SSSR count). The Hall–Kier alpha value is -2.24. The van der Waals surface area contributed by atoms with Crippen LogP contribution in [0, 0.1) is 0 Å². The van der Waals surface area contributed by atoms with E-state index in [4.69, 9.17) is 0 Å². The third-order valence-electron chi connectivity index (χ3n) is 3.15. The molecule has 104 valence electrons. The van der Waals surface area contributed by atoms with Crippen molar-refractivity contribution in [2.24, 2.45) is 0 Å². The summed E-state index contributed by atoms with van der Waals surface area (Å²) in [6, 6.07) is 10.6. The molecule has 0 saturated heterocycles. The van der Waals surface area contributed by atoms with Gasteiger partial charge in [-0.25, -0.2) is 0 Å². The standard InChI is InChI=1S/C14H12F3N3/c15-14(16,17)10-20-13-6-2-1-4-11(13)9-19(20)12-5-3-7-18-8-12/h1-8H,9-10H2. The van der Waals surface area contributed by atoms with E-state index < -0.39 is 12.7 Å². The van der Waals surface area contributed by atoms with E-state index in [0.29, 0.717) is 17.9 Å². The van der Waals surface area contributed by atoms with Crippen molar-refractivity contribution in [3.63, 3.8) is 0 Å². The second-order valence-electron chi connectivity index (χ2n) is 4.57. The zero-order chi connectivity index (χ0) is 14.2. The molecule has 0 unspecified atom stereocenters. The summed E-state index contributed by atoms with van der Waals surface area (Å²) in [5.41, 5.74) is 2.11. The van der Waals surface area contributed by atoms with Crippen molar-refractivity contribution in [1.82, 2.24) is 4.98 Å². The largest absolute Gasteiger partial charge is 0.407 e. The molecule has 0 radical (unpaired) electrons. The number of rotatable bonds is 2. The lowest BCUT2D eigenvalue weighted by atomic mass is 10.2. The number of anilines is 2. The summed E-state index contributed by atoms with van der Waals surface area (Å²) in [6.45, 7) is -0.600. The number of para-hydroxylation sites is 1. The van der Waals surface area contributed by atoms with Crippen LogP contribution in [0.5, 0.6) is 0 Å². The number of fused-ring (bicyclic) bond motifs is 1. The van der Waals surface area contributed by atoms with Gasteiger partial charge in [0.1, 0.15) is 6.54 Å². The highest BCUT2D eigenvalue weighted by atomic mass is 19.4. The van der Waals surface area contributed by atoms with E-state index in [9.17, 15) is 13.2 Å². The quantitative estimate of drug-likeness (QED) is 0.840. The van der Waals surface area contributed by atoms with Crippen LogP contribution in [-0.4, -0.2) is 17.7 Å². The maximum absolute atomic E-state index is 12.8. The van der Waals surface area contributed by atoms with Crippen molar-refractivity contribution in [3.05, 3.63) is 54.4 Å². The Kier molecular flexibility index (Phi) is 3.00. The Bertz CT molecular complexity index is 598. The highest BCUT2D eigenvalue weighted by Crippen LogP contribution is 2.36. The van der Waals surface area contributed by atoms with Crippen molar-refractivity contribution < 1.29 is 13.2 Å². The normalized spacial score (nSPS) is 14.6. The first-order valence-corrected chi connectivity index (χ1v) is 6.14. The number of halogens is 3. The average Bonchev–Trinajstić information content (AvgIpc) is 2.77. The molecule has 0 N–H and O–H groups in total. The number of pyridine rings is 1. The van der Waals surface area contributed by atoms with Crippen LogP contribution in [0.25, 0.3) is 0 Å². The smallest absolute Gasteiger partial charge is 0.279 e. The van der Waals surface area contributed by atoms with Gasteiger partial charge in [-0.2, -0.15) is 13.2 Å². The highest BCUT2D eigenvalue weighted by Gasteiger charge is 2.37. The zero-order valence-corrected chi connectivity index (χ0v) is 10.5. The highest BCUT2D eigenvalue weighted by molar-refractivity contribution is 5.66. The Morgan fingerprint density at radius 1 is 1.10 bits per heavy atom. The molecule has 1 aromatic carbocycles. The van der Waals surface area contributed by atoms with E-state index in [-0.39, 0.29) is 0 Å². The van der Waals surface area contributed by atoms with Gasteiger partial charge in [-0.3, -0.25) is 15.0 Å². The van der Waals surface area contributed by atoms with Crippen molar-refractivity contribution >= 4 is 11.4 Å². The minimum atomic E-state index is -4.27. The van der Waals surface area contributed by atoms with Crippen LogP contribution in [0.3, 0.4) is 0 Å². The van der Waals surface area contributed by atoms with E-state index in [1.54, 1.807) is 41.7 Å². The van der Waals surface area contributed by atoms with Crippen molar-refractivity contribution in [1.29, 1.82) is 0 Å². The Labute approximate surface area is 114 Å². The van der Waals surface area contributed by atoms with Gasteiger partial charge in [0.2, 0.25) is 0 Å². The maximum Gasteiger partial charge on any atom is 0.407 e. The van der Waals surface area contributed by atoms with Crippen LogP contribution in [0.4, 0.5) is 24.5 Å². The number of alkyl halides is 3. The molecule has 0 atom stereocenters. The van der Waals surface area contributed by atoms with E-state index >= 15 is 0 Å². The maximum atomic E-state index is 12.8. The van der Waals surface area contributed by atoms with Gasteiger partial charge in [0.15, 0.2) is 0 Å². The van der Waals surface area contributed by atoms with Gasteiger partial charge in [0.25, 0.3) is 0 Å². The van der Waals surface area contributed by atoms with Gasteiger partial charge in [0, 0.05) is 6.20 Å². The summed E-state index contributed by atoms with van der Waals surface area (Å²) in [7, 11) is 0. The first-order chi connectivity index (χ1) is 9.54. The van der Waals surface area contributed by atoms with Gasteiger partial charge >= 0.3 is 6.18 Å². The van der Waals surface area contributed by atoms with Crippen LogP contribution in [-0.2, 0) is 6.54 Å². The van der Waals surface area contributed by atoms with Crippen LogP contribution in [0.2, 0.25) is 0 Å². The van der Waals surface area contributed by atoms with Gasteiger partial charge in [0.05, 0.1) is 24.1 Å². The molecule has 0 amide bonds. The molecule has 3 nitrogen and oxygen atoms in total. The summed E-state index contributed by atoms with van der Waals surface area (Å²) in [5, 5.41) is 2.86. The fraction of sp³-hybridized carbons (Fsp3) is 0.214. The number of hydrazine groups is 1. The summed E-state index contributed by atoms with van der Waals surface area (Å²) < 4.78 is 38.4. The molecule has 2 heterocycles. The molecular weight excluding hydrogens is 267 g/mol. The average molecular weight is 279 g/mol.